The maximum Gasteiger partial charge on any atom is 0.269 e. The quantitative estimate of drug-likeness (QED) is 0.354. The fourth-order valence-electron chi connectivity index (χ4n) is 3.36. The van der Waals surface area contributed by atoms with Crippen LogP contribution in [0, 0.1) is 24.0 Å². The number of benzene rings is 2. The molecular weight excluding hydrogens is 416 g/mol. The third-order valence-electron chi connectivity index (χ3n) is 4.79. The lowest BCUT2D eigenvalue weighted by Gasteiger charge is -2.09. The van der Waals surface area contributed by atoms with Crippen LogP contribution in [0.4, 0.5) is 11.4 Å². The normalized spacial score (nSPS) is 16.1. The molecule has 31 heavy (non-hydrogen) atoms. The number of aliphatic imine (C=N–C) groups is 1. The van der Waals surface area contributed by atoms with Gasteiger partial charge in [0.05, 0.1) is 15.5 Å². The van der Waals surface area contributed by atoms with E-state index in [0.29, 0.717) is 15.8 Å². The van der Waals surface area contributed by atoms with Crippen LogP contribution in [0.2, 0.25) is 0 Å². The van der Waals surface area contributed by atoms with Crippen LogP contribution in [-0.4, -0.2) is 25.7 Å². The Balaban J connectivity index is 1.63. The minimum atomic E-state index is -0.430. The van der Waals surface area contributed by atoms with Gasteiger partial charge in [-0.2, -0.15) is 0 Å². The number of carbonyl (C=O) groups is 1. The monoisotopic (exact) mass is 434 g/mol. The number of rotatable bonds is 4. The molecule has 1 aliphatic rings. The largest absolute Gasteiger partial charge is 0.508 e. The van der Waals surface area contributed by atoms with E-state index in [2.05, 4.69) is 10.3 Å². The van der Waals surface area contributed by atoms with Gasteiger partial charge in [0, 0.05) is 35.3 Å². The fraction of sp³-hybridized carbons (Fsp3) is 0.0909. The van der Waals surface area contributed by atoms with E-state index in [1.807, 2.05) is 24.5 Å². The molecule has 3 aromatic rings. The number of hydrogen-bond donors (Lipinski definition) is 2. The van der Waals surface area contributed by atoms with Gasteiger partial charge in [-0.1, -0.05) is 6.07 Å². The molecule has 0 bridgehead atoms. The second kappa shape index (κ2) is 8.11. The van der Waals surface area contributed by atoms with E-state index < -0.39 is 4.92 Å². The van der Waals surface area contributed by atoms with Gasteiger partial charge < -0.3 is 15.0 Å². The van der Waals surface area contributed by atoms with Crippen LogP contribution in [0.15, 0.2) is 64.5 Å². The SMILES string of the molecule is Cc1cc(C=C2SC(=Nc3cccc(O)c3)NC2=O)c(C)n1-c1ccc([N+](=O)[O-])cc1. The Hall–Kier alpha value is -3.85. The first-order valence-electron chi connectivity index (χ1n) is 9.34. The van der Waals surface area contributed by atoms with Crippen molar-refractivity contribution in [1.29, 1.82) is 0 Å². The molecule has 2 N–H and O–H groups in total. The number of amidine groups is 1. The maximum atomic E-state index is 12.4. The predicted molar refractivity (Wildman–Crippen MR) is 121 cm³/mol. The summed E-state index contributed by atoms with van der Waals surface area (Å²) >= 11 is 1.22. The lowest BCUT2D eigenvalue weighted by Crippen LogP contribution is -2.19. The van der Waals surface area contributed by atoms with Crippen molar-refractivity contribution in [3.63, 3.8) is 0 Å². The van der Waals surface area contributed by atoms with Gasteiger partial charge in [0.1, 0.15) is 5.75 Å². The van der Waals surface area contributed by atoms with Crippen molar-refractivity contribution >= 4 is 40.3 Å². The molecule has 1 saturated heterocycles. The summed E-state index contributed by atoms with van der Waals surface area (Å²) < 4.78 is 1.98. The number of carbonyl (C=O) groups excluding carboxylic acids is 1. The predicted octanol–water partition coefficient (Wildman–Crippen LogP) is 4.60. The summed E-state index contributed by atoms with van der Waals surface area (Å²) in [5.41, 5.74) is 4.10. The Morgan fingerprint density at radius 1 is 1.16 bits per heavy atom. The molecule has 0 spiro atoms. The Morgan fingerprint density at radius 3 is 2.58 bits per heavy atom. The number of amides is 1. The number of nitrogens with one attached hydrogen (secondary N) is 1. The van der Waals surface area contributed by atoms with Crippen molar-refractivity contribution in [2.75, 3.05) is 0 Å². The van der Waals surface area contributed by atoms with Crippen LogP contribution in [0.25, 0.3) is 11.8 Å². The van der Waals surface area contributed by atoms with E-state index in [4.69, 9.17) is 0 Å². The summed E-state index contributed by atoms with van der Waals surface area (Å²) in [5, 5.41) is 23.6. The van der Waals surface area contributed by atoms with E-state index in [0.717, 1.165) is 22.6 Å². The van der Waals surface area contributed by atoms with Crippen molar-refractivity contribution in [1.82, 2.24) is 9.88 Å². The maximum absolute atomic E-state index is 12.4. The third kappa shape index (κ3) is 4.22. The van der Waals surface area contributed by atoms with Crippen LogP contribution in [0.3, 0.4) is 0 Å². The topological polar surface area (TPSA) is 110 Å². The minimum absolute atomic E-state index is 0.0335. The number of phenolic OH excluding ortho intramolecular Hbond substituents is 1. The summed E-state index contributed by atoms with van der Waals surface area (Å²) in [6.45, 7) is 3.87. The lowest BCUT2D eigenvalue weighted by atomic mass is 10.2. The van der Waals surface area contributed by atoms with Crippen LogP contribution in [-0.2, 0) is 4.79 Å². The van der Waals surface area contributed by atoms with Crippen molar-refractivity contribution in [3.8, 4) is 11.4 Å². The Kier molecular flexibility index (Phi) is 5.35. The van der Waals surface area contributed by atoms with Gasteiger partial charge in [-0.25, -0.2) is 4.99 Å². The van der Waals surface area contributed by atoms with Gasteiger partial charge in [-0.3, -0.25) is 14.9 Å². The second-order valence-corrected chi connectivity index (χ2v) is 7.97. The zero-order valence-electron chi connectivity index (χ0n) is 16.7. The van der Waals surface area contributed by atoms with E-state index in [-0.39, 0.29) is 17.3 Å². The highest BCUT2D eigenvalue weighted by Gasteiger charge is 2.24. The molecule has 1 fully saturated rings. The van der Waals surface area contributed by atoms with Crippen LogP contribution in [0.5, 0.6) is 5.75 Å². The molecule has 8 nitrogen and oxygen atoms in total. The summed E-state index contributed by atoms with van der Waals surface area (Å²) in [6, 6.07) is 14.8. The Bertz CT molecular complexity index is 1260. The number of aromatic nitrogens is 1. The average Bonchev–Trinajstić information content (AvgIpc) is 3.20. The van der Waals surface area contributed by atoms with E-state index in [9.17, 15) is 20.0 Å². The molecule has 4 rings (SSSR count). The lowest BCUT2D eigenvalue weighted by molar-refractivity contribution is -0.384. The molecule has 0 unspecified atom stereocenters. The van der Waals surface area contributed by atoms with Crippen molar-refractivity contribution in [2.45, 2.75) is 13.8 Å². The Labute approximate surface area is 182 Å². The van der Waals surface area contributed by atoms with Crippen molar-refractivity contribution in [3.05, 3.63) is 86.6 Å². The molecule has 1 aliphatic heterocycles. The number of nitro benzene ring substituents is 1. The number of thioether (sulfide) groups is 1. The number of aromatic hydroxyl groups is 1. The molecule has 156 valence electrons. The summed E-state index contributed by atoms with van der Waals surface area (Å²) in [7, 11) is 0. The Morgan fingerprint density at radius 2 is 1.90 bits per heavy atom. The van der Waals surface area contributed by atoms with Gasteiger partial charge in [0.25, 0.3) is 11.6 Å². The molecular formula is C22H18N4O4S. The molecule has 0 atom stereocenters. The van der Waals surface area contributed by atoms with Crippen LogP contribution < -0.4 is 5.32 Å². The molecule has 1 amide bonds. The smallest absolute Gasteiger partial charge is 0.269 e. The highest BCUT2D eigenvalue weighted by atomic mass is 32.2. The number of nitrogens with zero attached hydrogens (tertiary/aromatic N) is 3. The minimum Gasteiger partial charge on any atom is -0.508 e. The zero-order valence-corrected chi connectivity index (χ0v) is 17.5. The van der Waals surface area contributed by atoms with Crippen LogP contribution >= 0.6 is 11.8 Å². The van der Waals surface area contributed by atoms with Gasteiger partial charge in [0.2, 0.25) is 0 Å². The second-order valence-electron chi connectivity index (χ2n) is 6.94. The molecule has 2 aromatic carbocycles. The number of non-ortho nitro benzene ring substituents is 1. The molecule has 0 aliphatic carbocycles. The first kappa shape index (κ1) is 20.4. The van der Waals surface area contributed by atoms with Gasteiger partial charge >= 0.3 is 0 Å². The molecule has 0 radical (unpaired) electrons. The molecule has 1 aromatic heterocycles. The first-order valence-corrected chi connectivity index (χ1v) is 10.2. The van der Waals surface area contributed by atoms with E-state index >= 15 is 0 Å². The van der Waals surface area contributed by atoms with E-state index in [1.54, 1.807) is 36.4 Å². The van der Waals surface area contributed by atoms with Gasteiger partial charge in [-0.05, 0) is 67.6 Å². The molecule has 9 heteroatoms. The number of hydrogen-bond acceptors (Lipinski definition) is 6. The fourth-order valence-corrected chi connectivity index (χ4v) is 4.19. The average molecular weight is 434 g/mol. The van der Waals surface area contributed by atoms with Gasteiger partial charge in [0.15, 0.2) is 5.17 Å². The number of nitro groups is 1. The standard InChI is InChI=1S/C22H18N4O4S/c1-13-10-15(14(2)25(13)17-6-8-18(9-7-17)26(29)30)11-20-21(28)24-22(31-20)23-16-4-3-5-19(27)12-16/h3-12,27H,1-2H3,(H,23,24,28). The number of phenols is 1. The van der Waals surface area contributed by atoms with Crippen molar-refractivity contribution in [2.24, 2.45) is 4.99 Å². The molecule has 0 saturated carbocycles. The van der Waals surface area contributed by atoms with Gasteiger partial charge in [-0.15, -0.1) is 0 Å². The summed E-state index contributed by atoms with van der Waals surface area (Å²) in [5.74, 6) is -0.144. The highest BCUT2D eigenvalue weighted by Crippen LogP contribution is 2.31. The summed E-state index contributed by atoms with van der Waals surface area (Å²) in [6.07, 6.45) is 1.80. The van der Waals surface area contributed by atoms with E-state index in [1.165, 1.54) is 30.0 Å². The molecule has 2 heterocycles. The zero-order chi connectivity index (χ0) is 22.1. The third-order valence-corrected chi connectivity index (χ3v) is 5.70. The highest BCUT2D eigenvalue weighted by molar-refractivity contribution is 8.18. The first-order chi connectivity index (χ1) is 14.8. The van der Waals surface area contributed by atoms with Crippen molar-refractivity contribution < 1.29 is 14.8 Å². The van der Waals surface area contributed by atoms with Crippen LogP contribution in [0.1, 0.15) is 17.0 Å². The number of aryl methyl sites for hydroxylation is 1. The summed E-state index contributed by atoms with van der Waals surface area (Å²) in [4.78, 5) is 27.8.